The van der Waals surface area contributed by atoms with Crippen LogP contribution < -0.4 is 0 Å². The highest BCUT2D eigenvalue weighted by molar-refractivity contribution is 7.08. The van der Waals surface area contributed by atoms with Crippen molar-refractivity contribution in [3.8, 4) is 33.9 Å². The molecule has 0 fully saturated rings. The molecule has 0 saturated heterocycles. The largest absolute Gasteiger partial charge is 0.353 e. The molecule has 5 aromatic heterocycles. The Balaban J connectivity index is 1.53. The SMILES string of the molecule is c1ccc(-c2ccc3[nH]nc(-c4cc5c(-c6ccsc6)cccc5[nH]4)c3n2)nc1. The van der Waals surface area contributed by atoms with Crippen LogP contribution >= 0.6 is 11.3 Å². The fourth-order valence-corrected chi connectivity index (χ4v) is 4.35. The lowest BCUT2D eigenvalue weighted by atomic mass is 10.0. The summed E-state index contributed by atoms with van der Waals surface area (Å²) in [6.45, 7) is 0. The first-order valence-corrected chi connectivity index (χ1v) is 10.2. The van der Waals surface area contributed by atoms with Crippen LogP contribution in [0, 0.1) is 0 Å². The molecule has 6 rings (SSSR count). The van der Waals surface area contributed by atoms with Gasteiger partial charge in [0.1, 0.15) is 11.2 Å². The van der Waals surface area contributed by atoms with Crippen LogP contribution in [-0.2, 0) is 0 Å². The molecule has 0 aliphatic rings. The Morgan fingerprint density at radius 1 is 0.862 bits per heavy atom. The quantitative estimate of drug-likeness (QED) is 0.393. The maximum Gasteiger partial charge on any atom is 0.135 e. The van der Waals surface area contributed by atoms with Crippen molar-refractivity contribution in [3.63, 3.8) is 0 Å². The molecular weight excluding hydrogens is 378 g/mol. The standard InChI is InChI=1S/C23H15N5S/c1-2-10-24-18(5-1)19-7-8-20-22(26-19)23(28-27-20)21-12-16-15(14-9-11-29-13-14)4-3-6-17(16)25-21/h1-13,25H,(H,27,28). The molecule has 0 bridgehead atoms. The van der Waals surface area contributed by atoms with Crippen LogP contribution in [0.4, 0.5) is 0 Å². The second-order valence-corrected chi connectivity index (χ2v) is 7.62. The lowest BCUT2D eigenvalue weighted by Crippen LogP contribution is -1.87. The first-order chi connectivity index (χ1) is 14.4. The second-order valence-electron chi connectivity index (χ2n) is 6.84. The number of fused-ring (bicyclic) bond motifs is 2. The van der Waals surface area contributed by atoms with E-state index in [2.05, 4.69) is 61.3 Å². The summed E-state index contributed by atoms with van der Waals surface area (Å²) in [5.74, 6) is 0. The number of H-pyrrole nitrogens is 2. The Hall–Kier alpha value is -3.77. The molecule has 5 nitrogen and oxygen atoms in total. The van der Waals surface area contributed by atoms with E-state index in [-0.39, 0.29) is 0 Å². The maximum absolute atomic E-state index is 4.85. The molecule has 0 aliphatic heterocycles. The van der Waals surface area contributed by atoms with Gasteiger partial charge in [0.05, 0.1) is 22.6 Å². The number of hydrogen-bond acceptors (Lipinski definition) is 4. The minimum Gasteiger partial charge on any atom is -0.353 e. The summed E-state index contributed by atoms with van der Waals surface area (Å²) < 4.78 is 0. The number of thiophene rings is 1. The number of hydrogen-bond donors (Lipinski definition) is 2. The fraction of sp³-hybridized carbons (Fsp3) is 0. The van der Waals surface area contributed by atoms with Crippen molar-refractivity contribution in [2.45, 2.75) is 0 Å². The molecule has 5 heterocycles. The molecule has 0 unspecified atom stereocenters. The highest BCUT2D eigenvalue weighted by atomic mass is 32.1. The molecule has 6 aromatic rings. The van der Waals surface area contributed by atoms with Crippen molar-refractivity contribution in [1.82, 2.24) is 25.1 Å². The normalized spacial score (nSPS) is 11.4. The maximum atomic E-state index is 4.85. The summed E-state index contributed by atoms with van der Waals surface area (Å²) >= 11 is 1.71. The molecule has 138 valence electrons. The van der Waals surface area contributed by atoms with Crippen LogP contribution in [0.1, 0.15) is 0 Å². The first-order valence-electron chi connectivity index (χ1n) is 9.28. The van der Waals surface area contributed by atoms with Crippen LogP contribution in [-0.4, -0.2) is 25.1 Å². The minimum atomic E-state index is 0.810. The van der Waals surface area contributed by atoms with Gasteiger partial charge in [-0.05, 0) is 64.4 Å². The molecule has 0 saturated carbocycles. The fourth-order valence-electron chi connectivity index (χ4n) is 3.70. The zero-order valence-corrected chi connectivity index (χ0v) is 16.1. The number of nitrogens with one attached hydrogen (secondary N) is 2. The Labute approximate surface area is 170 Å². The third-order valence-electron chi connectivity index (χ3n) is 5.09. The summed E-state index contributed by atoms with van der Waals surface area (Å²) in [6.07, 6.45) is 1.78. The topological polar surface area (TPSA) is 70.2 Å². The molecule has 0 aliphatic carbocycles. The molecule has 2 N–H and O–H groups in total. The van der Waals surface area contributed by atoms with E-state index in [1.54, 1.807) is 17.5 Å². The van der Waals surface area contributed by atoms with Crippen LogP contribution in [0.3, 0.4) is 0 Å². The van der Waals surface area contributed by atoms with E-state index in [1.165, 1.54) is 16.5 Å². The lowest BCUT2D eigenvalue weighted by molar-refractivity contribution is 1.12. The van der Waals surface area contributed by atoms with Crippen LogP contribution in [0.15, 0.2) is 77.6 Å². The Morgan fingerprint density at radius 2 is 1.86 bits per heavy atom. The summed E-state index contributed by atoms with van der Waals surface area (Å²) in [5, 5.41) is 13.1. The molecule has 29 heavy (non-hydrogen) atoms. The zero-order valence-electron chi connectivity index (χ0n) is 15.3. The molecule has 0 radical (unpaired) electrons. The predicted molar refractivity (Wildman–Crippen MR) is 118 cm³/mol. The van der Waals surface area contributed by atoms with Crippen molar-refractivity contribution >= 4 is 33.3 Å². The molecular formula is C23H15N5S. The number of aromatic nitrogens is 5. The van der Waals surface area contributed by atoms with Gasteiger partial charge in [-0.2, -0.15) is 16.4 Å². The summed E-state index contributed by atoms with van der Waals surface area (Å²) in [6, 6.07) is 20.4. The van der Waals surface area contributed by atoms with Gasteiger partial charge >= 0.3 is 0 Å². The third-order valence-corrected chi connectivity index (χ3v) is 5.77. The Kier molecular flexibility index (Phi) is 3.57. The molecule has 0 atom stereocenters. The van der Waals surface area contributed by atoms with E-state index in [1.807, 2.05) is 30.3 Å². The van der Waals surface area contributed by atoms with Gasteiger partial charge in [-0.25, -0.2) is 4.98 Å². The van der Waals surface area contributed by atoms with Crippen LogP contribution in [0.2, 0.25) is 0 Å². The zero-order chi connectivity index (χ0) is 19.2. The average Bonchev–Trinajstić information content (AvgIpc) is 3.52. The van der Waals surface area contributed by atoms with Gasteiger partial charge in [0.15, 0.2) is 0 Å². The summed E-state index contributed by atoms with van der Waals surface area (Å²) in [5.41, 5.74) is 8.69. The second kappa shape index (κ2) is 6.39. The van der Waals surface area contributed by atoms with Gasteiger partial charge in [0.25, 0.3) is 0 Å². The average molecular weight is 393 g/mol. The number of rotatable bonds is 3. The van der Waals surface area contributed by atoms with Gasteiger partial charge in [-0.1, -0.05) is 18.2 Å². The first kappa shape index (κ1) is 16.2. The number of nitrogens with zero attached hydrogens (tertiary/aromatic N) is 3. The Morgan fingerprint density at radius 3 is 2.72 bits per heavy atom. The number of aromatic amines is 2. The highest BCUT2D eigenvalue weighted by Gasteiger charge is 2.15. The van der Waals surface area contributed by atoms with E-state index in [4.69, 9.17) is 4.98 Å². The van der Waals surface area contributed by atoms with Crippen LogP contribution in [0.5, 0.6) is 0 Å². The Bertz CT molecular complexity index is 1450. The van der Waals surface area contributed by atoms with Crippen molar-refractivity contribution in [2.75, 3.05) is 0 Å². The molecule has 1 aromatic carbocycles. The monoisotopic (exact) mass is 393 g/mol. The van der Waals surface area contributed by atoms with E-state index in [0.717, 1.165) is 39.3 Å². The highest BCUT2D eigenvalue weighted by Crippen LogP contribution is 2.34. The summed E-state index contributed by atoms with van der Waals surface area (Å²) in [4.78, 5) is 12.8. The molecule has 0 amide bonds. The minimum absolute atomic E-state index is 0.810. The molecule has 0 spiro atoms. The van der Waals surface area contributed by atoms with Gasteiger partial charge in [-0.3, -0.25) is 10.1 Å². The van der Waals surface area contributed by atoms with Crippen molar-refractivity contribution in [1.29, 1.82) is 0 Å². The summed E-state index contributed by atoms with van der Waals surface area (Å²) in [7, 11) is 0. The molecule has 6 heteroatoms. The van der Waals surface area contributed by atoms with E-state index >= 15 is 0 Å². The van der Waals surface area contributed by atoms with Gasteiger partial charge in [0.2, 0.25) is 0 Å². The van der Waals surface area contributed by atoms with E-state index < -0.39 is 0 Å². The predicted octanol–water partition coefficient (Wildman–Crippen LogP) is 5.90. The lowest BCUT2D eigenvalue weighted by Gasteiger charge is -2.00. The van der Waals surface area contributed by atoms with E-state index in [0.29, 0.717) is 0 Å². The van der Waals surface area contributed by atoms with Crippen molar-refractivity contribution in [3.05, 3.63) is 77.6 Å². The van der Waals surface area contributed by atoms with Crippen molar-refractivity contribution in [2.24, 2.45) is 0 Å². The third kappa shape index (κ3) is 2.65. The number of benzene rings is 1. The van der Waals surface area contributed by atoms with Gasteiger partial charge in [0, 0.05) is 17.1 Å². The van der Waals surface area contributed by atoms with E-state index in [9.17, 15) is 0 Å². The van der Waals surface area contributed by atoms with Gasteiger partial charge in [-0.15, -0.1) is 0 Å². The van der Waals surface area contributed by atoms with Gasteiger partial charge < -0.3 is 4.98 Å². The smallest absolute Gasteiger partial charge is 0.135 e. The van der Waals surface area contributed by atoms with Crippen molar-refractivity contribution < 1.29 is 0 Å². The number of pyridine rings is 2. The van der Waals surface area contributed by atoms with Crippen LogP contribution in [0.25, 0.3) is 55.8 Å².